The second-order valence-corrected chi connectivity index (χ2v) is 9.49. The fraction of sp³-hybridized carbons (Fsp3) is 0.259. The van der Waals surface area contributed by atoms with E-state index in [0.717, 1.165) is 41.8 Å². The van der Waals surface area contributed by atoms with Crippen molar-refractivity contribution in [1.29, 1.82) is 0 Å². The summed E-state index contributed by atoms with van der Waals surface area (Å²) in [5, 5.41) is 8.85. The third kappa shape index (κ3) is 4.72. The number of hydrogen-bond donors (Lipinski definition) is 0. The molecule has 168 valence electrons. The molecule has 5 rings (SSSR count). The Morgan fingerprint density at radius 2 is 1.58 bits per heavy atom. The van der Waals surface area contributed by atoms with Crippen molar-refractivity contribution in [3.63, 3.8) is 0 Å². The Morgan fingerprint density at radius 1 is 0.848 bits per heavy atom. The number of rotatable bonds is 5. The highest BCUT2D eigenvalue weighted by atomic mass is 79.9. The summed E-state index contributed by atoms with van der Waals surface area (Å²) in [6.45, 7) is 8.08. The SMILES string of the molecule is Cc1ccc(C)c(N2CCN([C@@H](c3ccc(Br)cc3)c3nnc(-c4ccccc4)o3)CC2)c1. The molecule has 0 radical (unpaired) electrons. The molecule has 33 heavy (non-hydrogen) atoms. The van der Waals surface area contributed by atoms with E-state index in [0.29, 0.717) is 11.8 Å². The molecule has 0 saturated carbocycles. The van der Waals surface area contributed by atoms with Gasteiger partial charge in [-0.15, -0.1) is 10.2 Å². The maximum Gasteiger partial charge on any atom is 0.247 e. The van der Waals surface area contributed by atoms with E-state index in [1.165, 1.54) is 16.8 Å². The van der Waals surface area contributed by atoms with E-state index < -0.39 is 0 Å². The summed E-state index contributed by atoms with van der Waals surface area (Å²) >= 11 is 3.56. The van der Waals surface area contributed by atoms with E-state index in [1.807, 2.05) is 30.3 Å². The Kier molecular flexibility index (Phi) is 6.29. The van der Waals surface area contributed by atoms with E-state index in [1.54, 1.807) is 0 Å². The number of benzene rings is 3. The lowest BCUT2D eigenvalue weighted by Crippen LogP contribution is -2.48. The third-order valence-electron chi connectivity index (χ3n) is 6.27. The van der Waals surface area contributed by atoms with Gasteiger partial charge in [0.2, 0.25) is 11.8 Å². The van der Waals surface area contributed by atoms with Crippen LogP contribution in [0, 0.1) is 13.8 Å². The third-order valence-corrected chi connectivity index (χ3v) is 6.79. The molecule has 5 nitrogen and oxygen atoms in total. The first-order chi connectivity index (χ1) is 16.1. The molecule has 0 unspecified atom stereocenters. The lowest BCUT2D eigenvalue weighted by atomic mass is 10.0. The Morgan fingerprint density at radius 3 is 2.30 bits per heavy atom. The fourth-order valence-electron chi connectivity index (χ4n) is 4.48. The van der Waals surface area contributed by atoms with Gasteiger partial charge in [0, 0.05) is 41.9 Å². The van der Waals surface area contributed by atoms with Crippen molar-refractivity contribution in [3.8, 4) is 11.5 Å². The zero-order chi connectivity index (χ0) is 22.8. The van der Waals surface area contributed by atoms with Gasteiger partial charge in [0.25, 0.3) is 0 Å². The van der Waals surface area contributed by atoms with E-state index in [9.17, 15) is 0 Å². The first kappa shape index (κ1) is 21.9. The lowest BCUT2D eigenvalue weighted by molar-refractivity contribution is 0.188. The minimum atomic E-state index is -0.0798. The monoisotopic (exact) mass is 502 g/mol. The van der Waals surface area contributed by atoms with Crippen LogP contribution in [0.1, 0.15) is 28.6 Å². The molecule has 1 aliphatic rings. The van der Waals surface area contributed by atoms with Gasteiger partial charge in [-0.1, -0.05) is 58.4 Å². The number of nitrogens with zero attached hydrogens (tertiary/aromatic N) is 4. The van der Waals surface area contributed by atoms with Crippen molar-refractivity contribution in [2.75, 3.05) is 31.1 Å². The molecule has 2 heterocycles. The fourth-order valence-corrected chi connectivity index (χ4v) is 4.74. The zero-order valence-electron chi connectivity index (χ0n) is 18.9. The standard InChI is InChI=1S/C27H27BrN4O/c1-19-8-9-20(2)24(18-19)31-14-16-32(17-15-31)25(21-10-12-23(28)13-11-21)27-30-29-26(33-27)22-6-4-3-5-7-22/h3-13,18,25H,14-17H2,1-2H3/t25-/m0/s1. The molecule has 1 fully saturated rings. The Bertz CT molecular complexity index is 1210. The summed E-state index contributed by atoms with van der Waals surface area (Å²) in [6.07, 6.45) is 0. The zero-order valence-corrected chi connectivity index (χ0v) is 20.5. The van der Waals surface area contributed by atoms with Crippen LogP contribution < -0.4 is 4.90 Å². The summed E-state index contributed by atoms with van der Waals surface area (Å²) in [5.74, 6) is 1.19. The van der Waals surface area contributed by atoms with E-state index >= 15 is 0 Å². The molecule has 1 aromatic heterocycles. The van der Waals surface area contributed by atoms with Crippen molar-refractivity contribution in [2.24, 2.45) is 0 Å². The molecule has 0 bridgehead atoms. The van der Waals surface area contributed by atoms with Crippen LogP contribution in [-0.2, 0) is 0 Å². The van der Waals surface area contributed by atoms with Crippen molar-refractivity contribution < 1.29 is 4.42 Å². The van der Waals surface area contributed by atoms with Gasteiger partial charge in [0.1, 0.15) is 6.04 Å². The van der Waals surface area contributed by atoms with Gasteiger partial charge >= 0.3 is 0 Å². The largest absolute Gasteiger partial charge is 0.419 e. The maximum atomic E-state index is 6.23. The van der Waals surface area contributed by atoms with Crippen LogP contribution >= 0.6 is 15.9 Å². The summed E-state index contributed by atoms with van der Waals surface area (Å²) in [6, 6.07) is 25.0. The molecule has 0 amide bonds. The summed E-state index contributed by atoms with van der Waals surface area (Å²) < 4.78 is 7.28. The van der Waals surface area contributed by atoms with Gasteiger partial charge in [-0.05, 0) is 60.9 Å². The van der Waals surface area contributed by atoms with E-state index in [2.05, 4.69) is 92.2 Å². The average molecular weight is 503 g/mol. The van der Waals surface area contributed by atoms with Crippen molar-refractivity contribution >= 4 is 21.6 Å². The number of anilines is 1. The van der Waals surface area contributed by atoms with Gasteiger partial charge in [-0.3, -0.25) is 4.90 Å². The second-order valence-electron chi connectivity index (χ2n) is 8.58. The van der Waals surface area contributed by atoms with Crippen LogP contribution in [0.2, 0.25) is 0 Å². The minimum Gasteiger partial charge on any atom is -0.419 e. The molecule has 1 saturated heterocycles. The molecule has 3 aromatic carbocycles. The van der Waals surface area contributed by atoms with Crippen molar-refractivity contribution in [2.45, 2.75) is 19.9 Å². The highest BCUT2D eigenvalue weighted by molar-refractivity contribution is 9.10. The van der Waals surface area contributed by atoms with Gasteiger partial charge < -0.3 is 9.32 Å². The van der Waals surface area contributed by atoms with Gasteiger partial charge in [-0.25, -0.2) is 0 Å². The second kappa shape index (κ2) is 9.49. The quantitative estimate of drug-likeness (QED) is 0.333. The molecule has 1 atom stereocenters. The van der Waals surface area contributed by atoms with Crippen molar-refractivity contribution in [3.05, 3.63) is 99.9 Å². The highest BCUT2D eigenvalue weighted by Gasteiger charge is 2.31. The number of piperazine rings is 1. The lowest BCUT2D eigenvalue weighted by Gasteiger charge is -2.39. The maximum absolute atomic E-state index is 6.23. The first-order valence-electron chi connectivity index (χ1n) is 11.3. The van der Waals surface area contributed by atoms with Gasteiger partial charge in [0.05, 0.1) is 0 Å². The van der Waals surface area contributed by atoms with Crippen LogP contribution in [0.25, 0.3) is 11.5 Å². The Balaban J connectivity index is 1.42. The molecule has 0 N–H and O–H groups in total. The summed E-state index contributed by atoms with van der Waals surface area (Å²) in [4.78, 5) is 4.94. The molecular weight excluding hydrogens is 476 g/mol. The van der Waals surface area contributed by atoms with Crippen LogP contribution in [0.5, 0.6) is 0 Å². The van der Waals surface area contributed by atoms with Crippen LogP contribution in [0.3, 0.4) is 0 Å². The topological polar surface area (TPSA) is 45.4 Å². The number of halogens is 1. The van der Waals surface area contributed by atoms with Crippen LogP contribution in [-0.4, -0.2) is 41.3 Å². The number of aryl methyl sites for hydroxylation is 2. The molecule has 0 aliphatic carbocycles. The van der Waals surface area contributed by atoms with Crippen LogP contribution in [0.4, 0.5) is 5.69 Å². The minimum absolute atomic E-state index is 0.0798. The molecular formula is C27H27BrN4O. The molecule has 4 aromatic rings. The average Bonchev–Trinajstić information content (AvgIpc) is 3.33. The predicted molar refractivity (Wildman–Crippen MR) is 135 cm³/mol. The number of aromatic nitrogens is 2. The normalized spacial score (nSPS) is 15.5. The van der Waals surface area contributed by atoms with Gasteiger partial charge in [0.15, 0.2) is 0 Å². The summed E-state index contributed by atoms with van der Waals surface area (Å²) in [5.41, 5.74) is 6.04. The Labute approximate surface area is 203 Å². The van der Waals surface area contributed by atoms with E-state index in [4.69, 9.17) is 4.42 Å². The van der Waals surface area contributed by atoms with E-state index in [-0.39, 0.29) is 6.04 Å². The van der Waals surface area contributed by atoms with Crippen LogP contribution in [0.15, 0.2) is 81.7 Å². The Hall–Kier alpha value is -2.96. The molecule has 6 heteroatoms. The number of hydrogen-bond acceptors (Lipinski definition) is 5. The smallest absolute Gasteiger partial charge is 0.247 e. The molecule has 0 spiro atoms. The molecule has 1 aliphatic heterocycles. The predicted octanol–water partition coefficient (Wildman–Crippen LogP) is 6.03. The summed E-state index contributed by atoms with van der Waals surface area (Å²) in [7, 11) is 0. The van der Waals surface area contributed by atoms with Crippen molar-refractivity contribution in [1.82, 2.24) is 15.1 Å². The highest BCUT2D eigenvalue weighted by Crippen LogP contribution is 2.32. The van der Waals surface area contributed by atoms with Gasteiger partial charge in [-0.2, -0.15) is 0 Å². The first-order valence-corrected chi connectivity index (χ1v) is 12.1.